The van der Waals surface area contributed by atoms with Gasteiger partial charge in [0, 0.05) is 18.5 Å². The van der Waals surface area contributed by atoms with Gasteiger partial charge in [0.2, 0.25) is 0 Å². The van der Waals surface area contributed by atoms with Crippen LogP contribution >= 0.6 is 0 Å². The first-order chi connectivity index (χ1) is 10.6. The second-order valence-electron chi connectivity index (χ2n) is 6.46. The molecule has 0 saturated carbocycles. The summed E-state index contributed by atoms with van der Waals surface area (Å²) in [7, 11) is 0. The molecule has 5 N–H and O–H groups in total. The molecule has 1 atom stereocenters. The summed E-state index contributed by atoms with van der Waals surface area (Å²) in [6.07, 6.45) is 2.29. The predicted octanol–water partition coefficient (Wildman–Crippen LogP) is 1.16. The number of nitrogens with one attached hydrogen (secondary N) is 3. The molecule has 0 aliphatic carbocycles. The third-order valence-electron chi connectivity index (χ3n) is 3.04. The van der Waals surface area contributed by atoms with Crippen molar-refractivity contribution in [3.63, 3.8) is 0 Å². The number of unbranched alkanes of at least 4 members (excludes halogenated alkanes) is 2. The van der Waals surface area contributed by atoms with Crippen LogP contribution in [0.15, 0.2) is 0 Å². The molecule has 0 radical (unpaired) electrons. The Morgan fingerprint density at radius 3 is 2.13 bits per heavy atom. The fraction of sp³-hybridized carbons (Fsp3) is 0.800. The first-order valence-corrected chi connectivity index (χ1v) is 7.86. The van der Waals surface area contributed by atoms with E-state index in [1.165, 1.54) is 0 Å². The number of aliphatic carboxylic acids is 2. The molecule has 0 saturated heterocycles. The highest BCUT2D eigenvalue weighted by Gasteiger charge is 2.20. The minimum absolute atomic E-state index is 0.0972. The molecule has 0 unspecified atom stereocenters. The highest BCUT2D eigenvalue weighted by atomic mass is 16.4. The van der Waals surface area contributed by atoms with E-state index in [4.69, 9.17) is 10.2 Å². The predicted molar refractivity (Wildman–Crippen MR) is 86.4 cm³/mol. The smallest absolute Gasteiger partial charge is 0.326 e. The lowest BCUT2D eigenvalue weighted by Gasteiger charge is -2.20. The number of carboxylic acid groups (broad SMARTS) is 2. The van der Waals surface area contributed by atoms with Gasteiger partial charge in [-0.25, -0.2) is 9.59 Å². The van der Waals surface area contributed by atoms with Crippen LogP contribution in [-0.4, -0.2) is 52.9 Å². The second-order valence-corrected chi connectivity index (χ2v) is 6.46. The standard InChI is InChI=1S/C15H29N3O5/c1-15(2,3)17-10-6-4-5-9-16-14(23)18-11(13(21)22)7-8-12(19)20/h11,17H,4-10H2,1-3H3,(H,19,20)(H,21,22)(H2,16,18,23)/t11-/m0/s1. The number of amides is 2. The molecule has 0 aromatic carbocycles. The summed E-state index contributed by atoms with van der Waals surface area (Å²) in [5.74, 6) is -2.34. The van der Waals surface area contributed by atoms with E-state index in [0.29, 0.717) is 6.54 Å². The molecule has 0 aromatic rings. The molecule has 0 aromatic heterocycles. The van der Waals surface area contributed by atoms with Crippen LogP contribution in [0.25, 0.3) is 0 Å². The summed E-state index contributed by atoms with van der Waals surface area (Å²) in [4.78, 5) is 33.0. The van der Waals surface area contributed by atoms with Crippen LogP contribution < -0.4 is 16.0 Å². The summed E-state index contributed by atoms with van der Waals surface area (Å²) in [6, 6.07) is -1.78. The monoisotopic (exact) mass is 331 g/mol. The van der Waals surface area contributed by atoms with Crippen molar-refractivity contribution in [1.29, 1.82) is 0 Å². The minimum Gasteiger partial charge on any atom is -0.481 e. The van der Waals surface area contributed by atoms with Crippen LogP contribution in [0.2, 0.25) is 0 Å². The van der Waals surface area contributed by atoms with E-state index in [1.807, 2.05) is 0 Å². The lowest BCUT2D eigenvalue weighted by molar-refractivity contribution is -0.140. The Kier molecular flexibility index (Phi) is 9.96. The number of carboxylic acids is 2. The molecule has 0 fully saturated rings. The van der Waals surface area contributed by atoms with Gasteiger partial charge < -0.3 is 26.2 Å². The van der Waals surface area contributed by atoms with Crippen molar-refractivity contribution in [3.8, 4) is 0 Å². The number of urea groups is 1. The van der Waals surface area contributed by atoms with Gasteiger partial charge in [-0.2, -0.15) is 0 Å². The molecule has 8 heteroatoms. The van der Waals surface area contributed by atoms with Gasteiger partial charge in [-0.1, -0.05) is 6.42 Å². The second kappa shape index (κ2) is 10.8. The van der Waals surface area contributed by atoms with Crippen molar-refractivity contribution in [2.24, 2.45) is 0 Å². The number of carbonyl (C=O) groups excluding carboxylic acids is 1. The molecule has 2 amide bonds. The van der Waals surface area contributed by atoms with Crippen LogP contribution in [0, 0.1) is 0 Å². The van der Waals surface area contributed by atoms with Crippen molar-refractivity contribution in [1.82, 2.24) is 16.0 Å². The van der Waals surface area contributed by atoms with E-state index in [0.717, 1.165) is 25.8 Å². The van der Waals surface area contributed by atoms with Gasteiger partial charge in [-0.3, -0.25) is 4.79 Å². The van der Waals surface area contributed by atoms with Crippen molar-refractivity contribution in [3.05, 3.63) is 0 Å². The van der Waals surface area contributed by atoms with Crippen LogP contribution in [0.4, 0.5) is 4.79 Å². The van der Waals surface area contributed by atoms with Crippen LogP contribution in [0.1, 0.15) is 52.9 Å². The fourth-order valence-corrected chi connectivity index (χ4v) is 1.83. The molecule has 0 rings (SSSR count). The topological polar surface area (TPSA) is 128 Å². The normalized spacial score (nSPS) is 12.5. The van der Waals surface area contributed by atoms with Gasteiger partial charge in [0.25, 0.3) is 0 Å². The molecule has 0 bridgehead atoms. The molecule has 8 nitrogen and oxygen atoms in total. The summed E-state index contributed by atoms with van der Waals surface area (Å²) >= 11 is 0. The Morgan fingerprint density at radius 2 is 1.61 bits per heavy atom. The lowest BCUT2D eigenvalue weighted by Crippen LogP contribution is -2.46. The Balaban J connectivity index is 3.79. The molecule has 0 heterocycles. The van der Waals surface area contributed by atoms with Gasteiger partial charge in [0.15, 0.2) is 0 Å². The van der Waals surface area contributed by atoms with Gasteiger partial charge in [0.1, 0.15) is 6.04 Å². The largest absolute Gasteiger partial charge is 0.481 e. The van der Waals surface area contributed by atoms with Gasteiger partial charge >= 0.3 is 18.0 Å². The van der Waals surface area contributed by atoms with Crippen molar-refractivity contribution in [2.45, 2.75) is 64.5 Å². The highest BCUT2D eigenvalue weighted by Crippen LogP contribution is 2.01. The molecule has 0 aliphatic heterocycles. The average Bonchev–Trinajstić information content (AvgIpc) is 2.40. The quantitative estimate of drug-likeness (QED) is 0.362. The van der Waals surface area contributed by atoms with Crippen molar-refractivity contribution < 1.29 is 24.6 Å². The first kappa shape index (κ1) is 21.2. The molecule has 23 heavy (non-hydrogen) atoms. The van der Waals surface area contributed by atoms with Crippen molar-refractivity contribution >= 4 is 18.0 Å². The summed E-state index contributed by atoms with van der Waals surface area (Å²) in [6.45, 7) is 7.66. The van der Waals surface area contributed by atoms with E-state index in [1.54, 1.807) is 0 Å². The van der Waals surface area contributed by atoms with Crippen LogP contribution in [-0.2, 0) is 9.59 Å². The van der Waals surface area contributed by atoms with Gasteiger partial charge in [-0.15, -0.1) is 0 Å². The fourth-order valence-electron chi connectivity index (χ4n) is 1.83. The average molecular weight is 331 g/mol. The maximum atomic E-state index is 11.6. The zero-order valence-corrected chi connectivity index (χ0v) is 14.1. The molecular formula is C15H29N3O5. The molecule has 0 aliphatic rings. The summed E-state index contributed by atoms with van der Waals surface area (Å²) < 4.78 is 0. The summed E-state index contributed by atoms with van der Waals surface area (Å²) in [5.41, 5.74) is 0.0972. The van der Waals surface area contributed by atoms with Crippen molar-refractivity contribution in [2.75, 3.05) is 13.1 Å². The Morgan fingerprint density at radius 1 is 1.00 bits per heavy atom. The lowest BCUT2D eigenvalue weighted by atomic mass is 10.1. The zero-order chi connectivity index (χ0) is 17.9. The summed E-state index contributed by atoms with van der Waals surface area (Å²) in [5, 5.41) is 25.7. The maximum Gasteiger partial charge on any atom is 0.326 e. The molecule has 134 valence electrons. The maximum absolute atomic E-state index is 11.6. The number of carbonyl (C=O) groups is 3. The molecular weight excluding hydrogens is 302 g/mol. The van der Waals surface area contributed by atoms with E-state index in [-0.39, 0.29) is 18.4 Å². The zero-order valence-electron chi connectivity index (χ0n) is 14.1. The third-order valence-corrected chi connectivity index (χ3v) is 3.04. The number of hydrogen-bond donors (Lipinski definition) is 5. The SMILES string of the molecule is CC(C)(C)NCCCCCNC(=O)N[C@@H](CCC(=O)O)C(=O)O. The Hall–Kier alpha value is -1.83. The highest BCUT2D eigenvalue weighted by molar-refractivity contribution is 5.82. The number of hydrogen-bond acceptors (Lipinski definition) is 4. The van der Waals surface area contributed by atoms with E-state index >= 15 is 0 Å². The first-order valence-electron chi connectivity index (χ1n) is 7.86. The Bertz CT molecular complexity index is 393. The van der Waals surface area contributed by atoms with E-state index in [2.05, 4.69) is 36.7 Å². The van der Waals surface area contributed by atoms with E-state index in [9.17, 15) is 14.4 Å². The number of rotatable bonds is 11. The Labute approximate surface area is 137 Å². The van der Waals surface area contributed by atoms with Crippen LogP contribution in [0.3, 0.4) is 0 Å². The van der Waals surface area contributed by atoms with Crippen LogP contribution in [0.5, 0.6) is 0 Å². The molecule has 0 spiro atoms. The van der Waals surface area contributed by atoms with Gasteiger partial charge in [0.05, 0.1) is 0 Å². The van der Waals surface area contributed by atoms with E-state index < -0.39 is 24.0 Å². The minimum atomic E-state index is -1.24. The van der Waals surface area contributed by atoms with Gasteiger partial charge in [-0.05, 0) is 46.6 Å². The third kappa shape index (κ3) is 13.5.